The number of hydrogen-bond donors (Lipinski definition) is 2. The Morgan fingerprint density at radius 3 is 2.25 bits per heavy atom. The van der Waals surface area contributed by atoms with Gasteiger partial charge in [-0.15, -0.1) is 13.2 Å². The van der Waals surface area contributed by atoms with Crippen LogP contribution in [0.2, 0.25) is 0 Å². The summed E-state index contributed by atoms with van der Waals surface area (Å²) in [6, 6.07) is 11.1. The molecule has 0 aliphatic rings. The van der Waals surface area contributed by atoms with Crippen molar-refractivity contribution >= 4 is 48.9 Å². The number of nitro benzene ring substituents is 1. The SMILES string of the molecule is COc1cc([N+](=O)[O-])ccc1NC(=O)c1cc(Br)ccc1NS(=O)(=O)c1ccc(OC(F)(F)F)cc1. The molecule has 3 aromatic rings. The van der Waals surface area contributed by atoms with Gasteiger partial charge in [-0.3, -0.25) is 19.6 Å². The van der Waals surface area contributed by atoms with E-state index >= 15 is 0 Å². The van der Waals surface area contributed by atoms with Crippen molar-refractivity contribution in [2.45, 2.75) is 11.3 Å². The number of rotatable bonds is 8. The van der Waals surface area contributed by atoms with Crippen molar-refractivity contribution in [2.24, 2.45) is 0 Å². The topological polar surface area (TPSA) is 137 Å². The molecule has 15 heteroatoms. The average Bonchev–Trinajstić information content (AvgIpc) is 2.79. The van der Waals surface area contributed by atoms with Crippen LogP contribution >= 0.6 is 15.9 Å². The molecule has 0 unspecified atom stereocenters. The van der Waals surface area contributed by atoms with Gasteiger partial charge in [0.2, 0.25) is 0 Å². The van der Waals surface area contributed by atoms with Gasteiger partial charge in [-0.2, -0.15) is 0 Å². The highest BCUT2D eigenvalue weighted by Crippen LogP contribution is 2.31. The molecule has 0 heterocycles. The number of sulfonamides is 1. The number of benzene rings is 3. The van der Waals surface area contributed by atoms with Crippen LogP contribution in [0.15, 0.2) is 70.0 Å². The van der Waals surface area contributed by atoms with E-state index in [2.05, 4.69) is 30.7 Å². The zero-order valence-electron chi connectivity index (χ0n) is 18.0. The third-order valence-electron chi connectivity index (χ3n) is 4.48. The second-order valence-electron chi connectivity index (χ2n) is 6.91. The fraction of sp³-hybridized carbons (Fsp3) is 0.0952. The molecule has 0 aliphatic carbocycles. The molecular weight excluding hydrogens is 575 g/mol. The molecule has 10 nitrogen and oxygen atoms in total. The lowest BCUT2D eigenvalue weighted by atomic mass is 10.1. The Morgan fingerprint density at radius 2 is 1.67 bits per heavy atom. The fourth-order valence-electron chi connectivity index (χ4n) is 2.90. The van der Waals surface area contributed by atoms with Crippen LogP contribution in [0, 0.1) is 10.1 Å². The number of hydrogen-bond acceptors (Lipinski definition) is 7. The van der Waals surface area contributed by atoms with Crippen molar-refractivity contribution in [3.8, 4) is 11.5 Å². The van der Waals surface area contributed by atoms with Crippen LogP contribution in [0.25, 0.3) is 0 Å². The van der Waals surface area contributed by atoms with Crippen LogP contribution < -0.4 is 19.5 Å². The molecule has 0 atom stereocenters. The van der Waals surface area contributed by atoms with E-state index < -0.39 is 33.0 Å². The molecule has 2 N–H and O–H groups in total. The van der Waals surface area contributed by atoms with Crippen LogP contribution in [0.1, 0.15) is 10.4 Å². The molecule has 0 saturated carbocycles. The molecule has 3 aromatic carbocycles. The highest BCUT2D eigenvalue weighted by Gasteiger charge is 2.31. The zero-order chi connectivity index (χ0) is 26.7. The number of anilines is 2. The first-order valence-electron chi connectivity index (χ1n) is 9.61. The number of methoxy groups -OCH3 is 1. The van der Waals surface area contributed by atoms with Crippen LogP contribution in [-0.4, -0.2) is 32.7 Å². The van der Waals surface area contributed by atoms with Gasteiger partial charge in [-0.25, -0.2) is 8.42 Å². The van der Waals surface area contributed by atoms with Gasteiger partial charge in [-0.1, -0.05) is 15.9 Å². The number of ether oxygens (including phenoxy) is 2. The number of non-ortho nitro benzene ring substituents is 1. The minimum atomic E-state index is -4.94. The highest BCUT2D eigenvalue weighted by atomic mass is 79.9. The highest BCUT2D eigenvalue weighted by molar-refractivity contribution is 9.10. The summed E-state index contributed by atoms with van der Waals surface area (Å²) in [5, 5.41) is 13.5. The number of nitro groups is 1. The van der Waals surface area contributed by atoms with Crippen molar-refractivity contribution in [2.75, 3.05) is 17.1 Å². The van der Waals surface area contributed by atoms with Gasteiger partial charge >= 0.3 is 6.36 Å². The van der Waals surface area contributed by atoms with E-state index in [1.54, 1.807) is 0 Å². The minimum absolute atomic E-state index is 0.00385. The maximum Gasteiger partial charge on any atom is 0.573 e. The average molecular weight is 590 g/mol. The van der Waals surface area contributed by atoms with E-state index in [4.69, 9.17) is 4.74 Å². The zero-order valence-corrected chi connectivity index (χ0v) is 20.4. The Bertz CT molecular complexity index is 1420. The van der Waals surface area contributed by atoms with Gasteiger partial charge in [0.1, 0.15) is 11.5 Å². The van der Waals surface area contributed by atoms with E-state index in [1.807, 2.05) is 0 Å². The molecule has 0 bridgehead atoms. The Kier molecular flexibility index (Phi) is 7.74. The summed E-state index contributed by atoms with van der Waals surface area (Å²) < 4.78 is 74.1. The minimum Gasteiger partial charge on any atom is -0.494 e. The summed E-state index contributed by atoms with van der Waals surface area (Å²) in [6.07, 6.45) is -4.94. The first-order chi connectivity index (χ1) is 16.8. The summed E-state index contributed by atoms with van der Waals surface area (Å²) in [6.45, 7) is 0. The second-order valence-corrected chi connectivity index (χ2v) is 9.51. The normalized spacial score (nSPS) is 11.5. The van der Waals surface area contributed by atoms with Crippen LogP contribution in [0.5, 0.6) is 11.5 Å². The Balaban J connectivity index is 1.88. The van der Waals surface area contributed by atoms with Crippen molar-refractivity contribution in [1.29, 1.82) is 0 Å². The summed E-state index contributed by atoms with van der Waals surface area (Å²) in [7, 11) is -3.08. The monoisotopic (exact) mass is 589 g/mol. The molecule has 36 heavy (non-hydrogen) atoms. The lowest BCUT2D eigenvalue weighted by Crippen LogP contribution is -2.19. The maximum absolute atomic E-state index is 13.0. The first-order valence-corrected chi connectivity index (χ1v) is 11.9. The van der Waals surface area contributed by atoms with Crippen LogP contribution in [-0.2, 0) is 10.0 Å². The molecule has 0 radical (unpaired) electrons. The van der Waals surface area contributed by atoms with E-state index in [9.17, 15) is 36.5 Å². The number of carbonyl (C=O) groups is 1. The molecular formula is C21H15BrF3N3O7S. The standard InChI is InChI=1S/C21H15BrF3N3O7S/c1-34-19-11-13(28(30)31)3-9-18(19)26-20(29)16-10-12(22)2-8-17(16)27-36(32,33)15-6-4-14(5-7-15)35-21(23,24)25/h2-11,27H,1H3,(H,26,29). The second kappa shape index (κ2) is 10.4. The number of nitrogens with one attached hydrogen (secondary N) is 2. The Morgan fingerprint density at radius 1 is 1.03 bits per heavy atom. The predicted molar refractivity (Wildman–Crippen MR) is 126 cm³/mol. The molecule has 190 valence electrons. The van der Waals surface area contributed by atoms with Crippen molar-refractivity contribution in [1.82, 2.24) is 0 Å². The maximum atomic E-state index is 13.0. The Hall–Kier alpha value is -3.85. The van der Waals surface area contributed by atoms with Gasteiger partial charge < -0.3 is 14.8 Å². The summed E-state index contributed by atoms with van der Waals surface area (Å²) in [5.41, 5.74) is -0.466. The van der Waals surface area contributed by atoms with E-state index in [0.29, 0.717) is 4.47 Å². The number of alkyl halides is 3. The Labute approximate surface area is 210 Å². The van der Waals surface area contributed by atoms with Gasteiger partial charge in [0.05, 0.1) is 39.9 Å². The third kappa shape index (κ3) is 6.63. The van der Waals surface area contributed by atoms with Crippen molar-refractivity contribution in [3.63, 3.8) is 0 Å². The molecule has 0 saturated heterocycles. The summed E-state index contributed by atoms with van der Waals surface area (Å²) >= 11 is 3.20. The molecule has 0 fully saturated rings. The fourth-order valence-corrected chi connectivity index (χ4v) is 4.34. The van der Waals surface area contributed by atoms with Crippen LogP contribution in [0.3, 0.4) is 0 Å². The summed E-state index contributed by atoms with van der Waals surface area (Å²) in [5.74, 6) is -1.40. The number of amides is 1. The van der Waals surface area contributed by atoms with Gasteiger partial charge in [-0.05, 0) is 48.5 Å². The first kappa shape index (κ1) is 26.7. The predicted octanol–water partition coefficient (Wildman–Crippen LogP) is 5.32. The van der Waals surface area contributed by atoms with E-state index in [-0.39, 0.29) is 33.3 Å². The number of carbonyl (C=O) groups excluding carboxylic acids is 1. The largest absolute Gasteiger partial charge is 0.573 e. The molecule has 0 spiro atoms. The summed E-state index contributed by atoms with van der Waals surface area (Å²) in [4.78, 5) is 22.9. The molecule has 3 rings (SSSR count). The smallest absolute Gasteiger partial charge is 0.494 e. The van der Waals surface area contributed by atoms with Crippen molar-refractivity contribution < 1.29 is 40.8 Å². The van der Waals surface area contributed by atoms with Crippen molar-refractivity contribution in [3.05, 3.63) is 80.8 Å². The lowest BCUT2D eigenvalue weighted by molar-refractivity contribution is -0.384. The molecule has 0 aliphatic heterocycles. The quantitative estimate of drug-likeness (QED) is 0.268. The van der Waals surface area contributed by atoms with Gasteiger partial charge in [0, 0.05) is 10.5 Å². The number of halogens is 4. The van der Waals surface area contributed by atoms with Gasteiger partial charge in [0.15, 0.2) is 0 Å². The lowest BCUT2D eigenvalue weighted by Gasteiger charge is -2.15. The molecule has 0 aromatic heterocycles. The molecule has 1 amide bonds. The van der Waals surface area contributed by atoms with E-state index in [0.717, 1.165) is 36.4 Å². The van der Waals surface area contributed by atoms with Gasteiger partial charge in [0.25, 0.3) is 21.6 Å². The van der Waals surface area contributed by atoms with Crippen LogP contribution in [0.4, 0.5) is 30.2 Å². The third-order valence-corrected chi connectivity index (χ3v) is 6.36. The number of nitrogens with zero attached hydrogens (tertiary/aromatic N) is 1. The van der Waals surface area contributed by atoms with E-state index in [1.165, 1.54) is 31.4 Å².